The van der Waals surface area contributed by atoms with Crippen LogP contribution in [0.15, 0.2) is 23.6 Å². The molecule has 5 heteroatoms. The smallest absolute Gasteiger partial charge is 0.257 e. The second-order valence-electron chi connectivity index (χ2n) is 3.77. The maximum atomic E-state index is 12.0. The van der Waals surface area contributed by atoms with Crippen molar-refractivity contribution in [2.24, 2.45) is 0 Å². The van der Waals surface area contributed by atoms with E-state index in [0.717, 1.165) is 11.3 Å². The Morgan fingerprint density at radius 3 is 2.82 bits per heavy atom. The number of hydrogen-bond donors (Lipinski definition) is 2. The Morgan fingerprint density at radius 1 is 1.41 bits per heavy atom. The standard InChI is InChI=1S/C12H13N3OS/c1-7-6-17-12(14-7)15-11(16)9-4-3-5-10(13)8(9)2/h3-6H,13H2,1-2H3,(H,14,15,16). The minimum absolute atomic E-state index is 0.177. The molecule has 17 heavy (non-hydrogen) atoms. The van der Waals surface area contributed by atoms with Crippen molar-refractivity contribution in [1.29, 1.82) is 0 Å². The van der Waals surface area contributed by atoms with E-state index in [0.29, 0.717) is 16.4 Å². The van der Waals surface area contributed by atoms with Crippen molar-refractivity contribution < 1.29 is 4.79 Å². The summed E-state index contributed by atoms with van der Waals surface area (Å²) in [6.45, 7) is 3.72. The van der Waals surface area contributed by atoms with E-state index in [1.807, 2.05) is 19.2 Å². The first-order valence-corrected chi connectivity index (χ1v) is 6.04. The van der Waals surface area contributed by atoms with Crippen molar-refractivity contribution in [3.05, 3.63) is 40.4 Å². The summed E-state index contributed by atoms with van der Waals surface area (Å²) in [4.78, 5) is 16.2. The zero-order chi connectivity index (χ0) is 12.4. The minimum atomic E-state index is -0.177. The highest BCUT2D eigenvalue weighted by atomic mass is 32.1. The Kier molecular flexibility index (Phi) is 3.10. The maximum absolute atomic E-state index is 12.0. The molecule has 0 aliphatic carbocycles. The zero-order valence-electron chi connectivity index (χ0n) is 9.65. The third-order valence-corrected chi connectivity index (χ3v) is 3.34. The number of nitrogens with one attached hydrogen (secondary N) is 1. The van der Waals surface area contributed by atoms with Gasteiger partial charge in [0.25, 0.3) is 5.91 Å². The normalized spacial score (nSPS) is 10.2. The summed E-state index contributed by atoms with van der Waals surface area (Å²) < 4.78 is 0. The molecule has 0 radical (unpaired) electrons. The quantitative estimate of drug-likeness (QED) is 0.801. The average Bonchev–Trinajstić information content (AvgIpc) is 2.68. The van der Waals surface area contributed by atoms with Gasteiger partial charge in [-0.05, 0) is 31.5 Å². The van der Waals surface area contributed by atoms with Gasteiger partial charge in [0, 0.05) is 16.6 Å². The molecule has 1 amide bonds. The first kappa shape index (κ1) is 11.6. The van der Waals surface area contributed by atoms with Crippen molar-refractivity contribution in [3.63, 3.8) is 0 Å². The van der Waals surface area contributed by atoms with Crippen LogP contribution >= 0.6 is 11.3 Å². The fourth-order valence-electron chi connectivity index (χ4n) is 1.48. The van der Waals surface area contributed by atoms with E-state index in [1.54, 1.807) is 18.2 Å². The van der Waals surface area contributed by atoms with Crippen molar-refractivity contribution in [2.45, 2.75) is 13.8 Å². The molecule has 0 bridgehead atoms. The molecule has 0 unspecified atom stereocenters. The molecule has 1 aromatic carbocycles. The Bertz CT molecular complexity index is 563. The van der Waals surface area contributed by atoms with Crippen LogP contribution in [0.1, 0.15) is 21.6 Å². The van der Waals surface area contributed by atoms with Gasteiger partial charge in [-0.2, -0.15) is 0 Å². The molecule has 3 N–H and O–H groups in total. The molecule has 4 nitrogen and oxygen atoms in total. The molecule has 1 heterocycles. The van der Waals surface area contributed by atoms with Gasteiger partial charge in [-0.15, -0.1) is 11.3 Å². The predicted molar refractivity (Wildman–Crippen MR) is 70.4 cm³/mol. The molecule has 0 saturated carbocycles. The minimum Gasteiger partial charge on any atom is -0.398 e. The summed E-state index contributed by atoms with van der Waals surface area (Å²) >= 11 is 1.41. The van der Waals surface area contributed by atoms with Gasteiger partial charge in [-0.1, -0.05) is 6.07 Å². The third kappa shape index (κ3) is 2.45. The molecular weight excluding hydrogens is 234 g/mol. The van der Waals surface area contributed by atoms with E-state index in [4.69, 9.17) is 5.73 Å². The highest BCUT2D eigenvalue weighted by Gasteiger charge is 2.11. The largest absolute Gasteiger partial charge is 0.398 e. The molecule has 1 aromatic heterocycles. The second kappa shape index (κ2) is 4.55. The Labute approximate surface area is 103 Å². The Hall–Kier alpha value is -1.88. The first-order valence-electron chi connectivity index (χ1n) is 5.16. The summed E-state index contributed by atoms with van der Waals surface area (Å²) in [5.41, 5.74) is 8.65. The molecule has 0 spiro atoms. The lowest BCUT2D eigenvalue weighted by Crippen LogP contribution is -2.14. The van der Waals surface area contributed by atoms with E-state index in [-0.39, 0.29) is 5.91 Å². The van der Waals surface area contributed by atoms with Crippen LogP contribution in [0.5, 0.6) is 0 Å². The number of amides is 1. The molecule has 0 aliphatic rings. The number of rotatable bonds is 2. The number of nitrogen functional groups attached to an aromatic ring is 1. The number of carbonyl (C=O) groups excluding carboxylic acids is 1. The van der Waals surface area contributed by atoms with Crippen molar-refractivity contribution in [2.75, 3.05) is 11.1 Å². The van der Waals surface area contributed by atoms with Gasteiger partial charge >= 0.3 is 0 Å². The fraction of sp³-hybridized carbons (Fsp3) is 0.167. The number of nitrogens with two attached hydrogens (primary N) is 1. The van der Waals surface area contributed by atoms with Crippen LogP contribution in [0.2, 0.25) is 0 Å². The van der Waals surface area contributed by atoms with Crippen LogP contribution < -0.4 is 11.1 Å². The van der Waals surface area contributed by atoms with Crippen molar-refractivity contribution in [1.82, 2.24) is 4.98 Å². The Morgan fingerprint density at radius 2 is 2.18 bits per heavy atom. The molecule has 0 atom stereocenters. The van der Waals surface area contributed by atoms with Gasteiger partial charge in [0.1, 0.15) is 0 Å². The fourth-order valence-corrected chi connectivity index (χ4v) is 2.16. The van der Waals surface area contributed by atoms with E-state index >= 15 is 0 Å². The number of aryl methyl sites for hydroxylation is 1. The van der Waals surface area contributed by atoms with Crippen LogP contribution in [-0.2, 0) is 0 Å². The summed E-state index contributed by atoms with van der Waals surface area (Å²) in [5.74, 6) is -0.177. The van der Waals surface area contributed by atoms with Gasteiger partial charge < -0.3 is 5.73 Å². The number of anilines is 2. The predicted octanol–water partition coefficient (Wildman–Crippen LogP) is 2.59. The number of benzene rings is 1. The summed E-state index contributed by atoms with van der Waals surface area (Å²) in [6, 6.07) is 5.30. The van der Waals surface area contributed by atoms with Gasteiger partial charge in [0.15, 0.2) is 5.13 Å². The van der Waals surface area contributed by atoms with E-state index in [9.17, 15) is 4.79 Å². The van der Waals surface area contributed by atoms with Gasteiger partial charge in [-0.3, -0.25) is 10.1 Å². The monoisotopic (exact) mass is 247 g/mol. The Balaban J connectivity index is 2.23. The number of carbonyl (C=O) groups is 1. The third-order valence-electron chi connectivity index (χ3n) is 2.46. The van der Waals surface area contributed by atoms with E-state index < -0.39 is 0 Å². The molecule has 0 fully saturated rings. The van der Waals surface area contributed by atoms with Crippen LogP contribution in [0.3, 0.4) is 0 Å². The molecule has 0 aliphatic heterocycles. The summed E-state index contributed by atoms with van der Waals surface area (Å²) in [5, 5.41) is 5.26. The molecule has 0 saturated heterocycles. The topological polar surface area (TPSA) is 68.0 Å². The molecular formula is C12H13N3OS. The van der Waals surface area contributed by atoms with Crippen LogP contribution in [0.25, 0.3) is 0 Å². The highest BCUT2D eigenvalue weighted by molar-refractivity contribution is 7.13. The van der Waals surface area contributed by atoms with Gasteiger partial charge in [0.05, 0.1) is 5.69 Å². The lowest BCUT2D eigenvalue weighted by atomic mass is 10.1. The summed E-state index contributed by atoms with van der Waals surface area (Å²) in [6.07, 6.45) is 0. The van der Waals surface area contributed by atoms with Crippen molar-refractivity contribution >= 4 is 28.1 Å². The number of hydrogen-bond acceptors (Lipinski definition) is 4. The SMILES string of the molecule is Cc1csc(NC(=O)c2cccc(N)c2C)n1. The second-order valence-corrected chi connectivity index (χ2v) is 4.63. The maximum Gasteiger partial charge on any atom is 0.257 e. The van der Waals surface area contributed by atoms with E-state index in [1.165, 1.54) is 11.3 Å². The van der Waals surface area contributed by atoms with Gasteiger partial charge in [0.2, 0.25) is 0 Å². The lowest BCUT2D eigenvalue weighted by molar-refractivity contribution is 0.102. The van der Waals surface area contributed by atoms with Crippen LogP contribution in [-0.4, -0.2) is 10.9 Å². The van der Waals surface area contributed by atoms with Crippen LogP contribution in [0, 0.1) is 13.8 Å². The molecule has 2 rings (SSSR count). The number of aromatic nitrogens is 1. The molecule has 88 valence electrons. The van der Waals surface area contributed by atoms with Crippen LogP contribution in [0.4, 0.5) is 10.8 Å². The zero-order valence-corrected chi connectivity index (χ0v) is 10.5. The van der Waals surface area contributed by atoms with Gasteiger partial charge in [-0.25, -0.2) is 4.98 Å². The highest BCUT2D eigenvalue weighted by Crippen LogP contribution is 2.19. The van der Waals surface area contributed by atoms with Crippen molar-refractivity contribution in [3.8, 4) is 0 Å². The first-order chi connectivity index (χ1) is 8.08. The average molecular weight is 247 g/mol. The lowest BCUT2D eigenvalue weighted by Gasteiger charge is -2.07. The summed E-state index contributed by atoms with van der Waals surface area (Å²) in [7, 11) is 0. The number of thiazole rings is 1. The number of nitrogens with zero attached hydrogens (tertiary/aromatic N) is 1. The molecule has 2 aromatic rings. The van der Waals surface area contributed by atoms with E-state index in [2.05, 4.69) is 10.3 Å².